The van der Waals surface area contributed by atoms with Crippen molar-refractivity contribution in [2.45, 2.75) is 20.5 Å². The molecule has 0 unspecified atom stereocenters. The van der Waals surface area contributed by atoms with E-state index >= 15 is 0 Å². The van der Waals surface area contributed by atoms with E-state index in [4.69, 9.17) is 4.74 Å². The molecule has 10 heteroatoms. The average Bonchev–Trinajstić information content (AvgIpc) is 3.37. The van der Waals surface area contributed by atoms with Gasteiger partial charge in [-0.15, -0.1) is 21.5 Å². The Kier molecular flexibility index (Phi) is 5.08. The summed E-state index contributed by atoms with van der Waals surface area (Å²) in [6.07, 6.45) is 0. The maximum absolute atomic E-state index is 12.4. The van der Waals surface area contributed by atoms with Crippen LogP contribution >= 0.6 is 11.3 Å². The van der Waals surface area contributed by atoms with Crippen LogP contribution in [0, 0.1) is 13.8 Å². The minimum absolute atomic E-state index is 0.136. The van der Waals surface area contributed by atoms with Gasteiger partial charge in [0.1, 0.15) is 11.2 Å². The second-order valence-electron chi connectivity index (χ2n) is 6.89. The predicted octanol–water partition coefficient (Wildman–Crippen LogP) is 1.73. The number of aryl methyl sites for hydroxylation is 3. The van der Waals surface area contributed by atoms with Crippen molar-refractivity contribution in [3.8, 4) is 0 Å². The first kappa shape index (κ1) is 19.8. The van der Waals surface area contributed by atoms with Gasteiger partial charge in [0.05, 0.1) is 5.52 Å². The number of esters is 1. The van der Waals surface area contributed by atoms with Gasteiger partial charge in [0.2, 0.25) is 5.78 Å². The first-order valence-corrected chi connectivity index (χ1v) is 10.1. The van der Waals surface area contributed by atoms with E-state index < -0.39 is 5.97 Å². The minimum Gasteiger partial charge on any atom is -0.456 e. The number of hydrogen-bond acceptors (Lipinski definition) is 7. The second-order valence-corrected chi connectivity index (χ2v) is 7.81. The first-order valence-electron chi connectivity index (χ1n) is 9.18. The van der Waals surface area contributed by atoms with Crippen molar-refractivity contribution in [2.75, 3.05) is 6.54 Å². The summed E-state index contributed by atoms with van der Waals surface area (Å²) in [5, 5.41) is 12.5. The average molecular weight is 425 g/mol. The van der Waals surface area contributed by atoms with Gasteiger partial charge in [-0.05, 0) is 48.6 Å². The lowest BCUT2D eigenvalue weighted by atomic mass is 10.1. The molecule has 30 heavy (non-hydrogen) atoms. The number of benzene rings is 1. The lowest BCUT2D eigenvalue weighted by molar-refractivity contribution is -0.143. The van der Waals surface area contributed by atoms with Crippen LogP contribution in [0.2, 0.25) is 0 Å². The zero-order valence-corrected chi connectivity index (χ0v) is 17.4. The molecule has 9 nitrogen and oxygen atoms in total. The van der Waals surface area contributed by atoms with Crippen molar-refractivity contribution in [2.24, 2.45) is 7.05 Å². The molecule has 0 atom stereocenters. The number of carbonyl (C=O) groups is 2. The van der Waals surface area contributed by atoms with Crippen molar-refractivity contribution >= 4 is 39.2 Å². The molecule has 4 rings (SSSR count). The molecule has 0 bridgehead atoms. The zero-order valence-electron chi connectivity index (χ0n) is 16.6. The maximum Gasteiger partial charge on any atom is 0.325 e. The van der Waals surface area contributed by atoms with Crippen LogP contribution in [-0.4, -0.2) is 37.6 Å². The van der Waals surface area contributed by atoms with Crippen LogP contribution in [0.15, 0.2) is 34.4 Å². The van der Waals surface area contributed by atoms with E-state index in [2.05, 4.69) is 15.5 Å². The third-order valence-electron chi connectivity index (χ3n) is 4.92. The van der Waals surface area contributed by atoms with Gasteiger partial charge >= 0.3 is 5.97 Å². The molecule has 0 fully saturated rings. The lowest BCUT2D eigenvalue weighted by Crippen LogP contribution is -2.30. The Balaban J connectivity index is 1.44. The number of nitrogens with zero attached hydrogens (tertiary/aromatic N) is 4. The highest BCUT2D eigenvalue weighted by Gasteiger charge is 2.17. The van der Waals surface area contributed by atoms with Gasteiger partial charge in [0.15, 0.2) is 12.4 Å². The Morgan fingerprint density at radius 2 is 1.97 bits per heavy atom. The van der Waals surface area contributed by atoms with E-state index in [0.717, 1.165) is 11.1 Å². The fraction of sp³-hybridized carbons (Fsp3) is 0.250. The summed E-state index contributed by atoms with van der Waals surface area (Å²) in [5.41, 5.74) is 3.08. The molecule has 0 aliphatic carbocycles. The number of aromatic nitrogens is 4. The number of hydrogen-bond donors (Lipinski definition) is 1. The highest BCUT2D eigenvalue weighted by molar-refractivity contribution is 7.17. The normalized spacial score (nSPS) is 11.2. The molecule has 1 amide bonds. The standard InChI is InChI=1S/C20H19N5O4S/c1-11-4-5-13(8-12(11)2)18(27)21-9-16(26)29-10-15-22-23-20-24(3)19(28)17-14(25(15)20)6-7-30-17/h4-8H,9-10H2,1-3H3,(H,21,27). The summed E-state index contributed by atoms with van der Waals surface area (Å²) >= 11 is 1.33. The number of amides is 1. The van der Waals surface area contributed by atoms with Gasteiger partial charge in [0.25, 0.3) is 11.5 Å². The number of thiophene rings is 1. The van der Waals surface area contributed by atoms with Gasteiger partial charge in [-0.3, -0.25) is 23.4 Å². The van der Waals surface area contributed by atoms with Crippen LogP contribution in [0.4, 0.5) is 0 Å². The lowest BCUT2D eigenvalue weighted by Gasteiger charge is -2.08. The van der Waals surface area contributed by atoms with E-state index in [9.17, 15) is 14.4 Å². The van der Waals surface area contributed by atoms with Crippen LogP contribution in [0.5, 0.6) is 0 Å². The largest absolute Gasteiger partial charge is 0.456 e. The van der Waals surface area contributed by atoms with Crippen molar-refractivity contribution in [3.05, 3.63) is 62.5 Å². The molecule has 4 aromatic rings. The smallest absolute Gasteiger partial charge is 0.325 e. The van der Waals surface area contributed by atoms with Crippen molar-refractivity contribution in [1.29, 1.82) is 0 Å². The fourth-order valence-electron chi connectivity index (χ4n) is 3.08. The molecule has 3 aromatic heterocycles. The molecule has 0 aliphatic rings. The molecule has 0 saturated carbocycles. The molecule has 1 aromatic carbocycles. The Labute approximate surface area is 174 Å². The summed E-state index contributed by atoms with van der Waals surface area (Å²) in [5.74, 6) is -0.203. The Bertz CT molecular complexity index is 1350. The third-order valence-corrected chi connectivity index (χ3v) is 5.81. The van der Waals surface area contributed by atoms with E-state index in [1.165, 1.54) is 15.9 Å². The molecule has 154 valence electrons. The summed E-state index contributed by atoms with van der Waals surface area (Å²) in [6.45, 7) is 3.48. The van der Waals surface area contributed by atoms with Crippen molar-refractivity contribution in [1.82, 2.24) is 24.5 Å². The van der Waals surface area contributed by atoms with Crippen LogP contribution in [0.3, 0.4) is 0 Å². The second kappa shape index (κ2) is 7.71. The van der Waals surface area contributed by atoms with Crippen LogP contribution in [0.1, 0.15) is 27.3 Å². The maximum atomic E-state index is 12.4. The van der Waals surface area contributed by atoms with E-state index in [0.29, 0.717) is 27.4 Å². The fourth-order valence-corrected chi connectivity index (χ4v) is 3.93. The number of rotatable bonds is 5. The van der Waals surface area contributed by atoms with Crippen molar-refractivity contribution < 1.29 is 14.3 Å². The third kappa shape index (κ3) is 3.45. The van der Waals surface area contributed by atoms with E-state index in [1.54, 1.807) is 29.6 Å². The molecule has 0 spiro atoms. The van der Waals surface area contributed by atoms with Crippen LogP contribution < -0.4 is 10.9 Å². The molecule has 0 saturated heterocycles. The summed E-state index contributed by atoms with van der Waals surface area (Å²) in [6, 6.07) is 7.14. The van der Waals surface area contributed by atoms with Gasteiger partial charge in [0, 0.05) is 12.6 Å². The zero-order chi connectivity index (χ0) is 21.4. The molecule has 3 heterocycles. The predicted molar refractivity (Wildman–Crippen MR) is 112 cm³/mol. The summed E-state index contributed by atoms with van der Waals surface area (Å²) in [4.78, 5) is 36.7. The van der Waals surface area contributed by atoms with Crippen molar-refractivity contribution in [3.63, 3.8) is 0 Å². The monoisotopic (exact) mass is 425 g/mol. The highest BCUT2D eigenvalue weighted by Crippen LogP contribution is 2.19. The number of ether oxygens (including phenoxy) is 1. The minimum atomic E-state index is -0.602. The highest BCUT2D eigenvalue weighted by atomic mass is 32.1. The van der Waals surface area contributed by atoms with Gasteiger partial charge in [-0.25, -0.2) is 0 Å². The first-order chi connectivity index (χ1) is 14.4. The van der Waals surface area contributed by atoms with Gasteiger partial charge in [-0.2, -0.15) is 0 Å². The number of fused-ring (bicyclic) bond motifs is 3. The molecule has 0 radical (unpaired) electrons. The quantitative estimate of drug-likeness (QED) is 0.488. The Hall–Kier alpha value is -3.53. The Morgan fingerprint density at radius 3 is 2.73 bits per heavy atom. The number of carbonyl (C=O) groups excluding carboxylic acids is 2. The van der Waals surface area contributed by atoms with Crippen LogP contribution in [0.25, 0.3) is 16.0 Å². The molecular weight excluding hydrogens is 406 g/mol. The SMILES string of the molecule is Cc1ccc(C(=O)NCC(=O)OCc2nnc3n(C)c(=O)c4sccc4n23)cc1C. The van der Waals surface area contributed by atoms with Gasteiger partial charge in [-0.1, -0.05) is 6.07 Å². The van der Waals surface area contributed by atoms with Crippen LogP contribution in [-0.2, 0) is 23.2 Å². The topological polar surface area (TPSA) is 108 Å². The van der Waals surface area contributed by atoms with Gasteiger partial charge < -0.3 is 10.1 Å². The summed E-state index contributed by atoms with van der Waals surface area (Å²) < 4.78 is 8.92. The Morgan fingerprint density at radius 1 is 1.17 bits per heavy atom. The molecular formula is C20H19N5O4S. The molecule has 0 aliphatic heterocycles. The van der Waals surface area contributed by atoms with E-state index in [-0.39, 0.29) is 24.6 Å². The summed E-state index contributed by atoms with van der Waals surface area (Å²) in [7, 11) is 1.61. The molecule has 1 N–H and O–H groups in total. The number of nitrogens with one attached hydrogen (secondary N) is 1. The van der Waals surface area contributed by atoms with E-state index in [1.807, 2.05) is 25.3 Å².